The van der Waals surface area contributed by atoms with E-state index in [9.17, 15) is 5.11 Å². The number of nitrogens with zero attached hydrogens (tertiary/aromatic N) is 3. The first kappa shape index (κ1) is 7.70. The number of aliphatic hydroxyl groups is 1. The third-order valence-corrected chi connectivity index (χ3v) is 2.18. The Hall–Kier alpha value is -0.940. The summed E-state index contributed by atoms with van der Waals surface area (Å²) < 4.78 is 1.65. The van der Waals surface area contributed by atoms with Crippen molar-refractivity contribution < 1.29 is 5.11 Å². The van der Waals surface area contributed by atoms with E-state index in [2.05, 4.69) is 15.6 Å². The van der Waals surface area contributed by atoms with Gasteiger partial charge in [0.25, 0.3) is 0 Å². The normalized spacial score (nSPS) is 29.5. The van der Waals surface area contributed by atoms with Crippen molar-refractivity contribution in [2.45, 2.75) is 12.0 Å². The minimum atomic E-state index is -0.318. The van der Waals surface area contributed by atoms with Crippen LogP contribution >= 0.6 is 0 Å². The van der Waals surface area contributed by atoms with Gasteiger partial charge < -0.3 is 10.4 Å². The van der Waals surface area contributed by atoms with Crippen molar-refractivity contribution >= 4 is 0 Å². The minimum absolute atomic E-state index is 0.110. The Morgan fingerprint density at radius 2 is 2.50 bits per heavy atom. The van der Waals surface area contributed by atoms with Crippen molar-refractivity contribution in [1.82, 2.24) is 20.3 Å². The van der Waals surface area contributed by atoms with Gasteiger partial charge in [-0.3, -0.25) is 4.68 Å². The number of hydrogen-bond donors (Lipinski definition) is 2. The zero-order chi connectivity index (χ0) is 8.55. The molecule has 5 heteroatoms. The predicted octanol–water partition coefficient (Wildman–Crippen LogP) is -1.14. The lowest BCUT2D eigenvalue weighted by Crippen LogP contribution is -2.16. The second-order valence-electron chi connectivity index (χ2n) is 3.15. The highest BCUT2D eigenvalue weighted by atomic mass is 16.3. The summed E-state index contributed by atoms with van der Waals surface area (Å²) in [5.74, 6) is 0.110. The van der Waals surface area contributed by atoms with Crippen molar-refractivity contribution in [1.29, 1.82) is 0 Å². The van der Waals surface area contributed by atoms with Gasteiger partial charge in [0, 0.05) is 32.3 Å². The number of rotatable bonds is 1. The Morgan fingerprint density at radius 3 is 3.00 bits per heavy atom. The van der Waals surface area contributed by atoms with E-state index in [0.717, 1.165) is 12.2 Å². The van der Waals surface area contributed by atoms with Gasteiger partial charge in [0.1, 0.15) is 0 Å². The smallest absolute Gasteiger partial charge is 0.0896 e. The first-order valence-corrected chi connectivity index (χ1v) is 4.02. The molecular weight excluding hydrogens is 156 g/mol. The van der Waals surface area contributed by atoms with E-state index in [1.807, 2.05) is 13.2 Å². The summed E-state index contributed by atoms with van der Waals surface area (Å²) in [6.45, 7) is 1.45. The van der Waals surface area contributed by atoms with E-state index in [1.165, 1.54) is 0 Å². The molecule has 12 heavy (non-hydrogen) atoms. The molecule has 2 atom stereocenters. The Balaban J connectivity index is 2.19. The van der Waals surface area contributed by atoms with Crippen molar-refractivity contribution in [2.24, 2.45) is 7.05 Å². The molecule has 1 aliphatic heterocycles. The standard InChI is InChI=1S/C7H12N4O/c1-11-4-6(9-10-11)5-2-8-3-7(5)12/h4-5,7-8,12H,2-3H2,1H3. The van der Waals surface area contributed by atoms with Gasteiger partial charge in [-0.15, -0.1) is 5.10 Å². The van der Waals surface area contributed by atoms with E-state index in [-0.39, 0.29) is 12.0 Å². The van der Waals surface area contributed by atoms with E-state index in [4.69, 9.17) is 0 Å². The zero-order valence-electron chi connectivity index (χ0n) is 6.94. The highest BCUT2D eigenvalue weighted by Gasteiger charge is 2.28. The number of hydrogen-bond acceptors (Lipinski definition) is 4. The molecule has 66 valence electrons. The third-order valence-electron chi connectivity index (χ3n) is 2.18. The Labute approximate surface area is 70.4 Å². The molecule has 0 amide bonds. The lowest BCUT2D eigenvalue weighted by Gasteiger charge is -2.07. The molecule has 1 aromatic heterocycles. The first-order chi connectivity index (χ1) is 5.77. The summed E-state index contributed by atoms with van der Waals surface area (Å²) in [6.07, 6.45) is 1.53. The molecule has 1 saturated heterocycles. The minimum Gasteiger partial charge on any atom is -0.391 e. The van der Waals surface area contributed by atoms with Crippen molar-refractivity contribution in [3.05, 3.63) is 11.9 Å². The predicted molar refractivity (Wildman–Crippen MR) is 42.6 cm³/mol. The Bertz CT molecular complexity index is 272. The summed E-state index contributed by atoms with van der Waals surface area (Å²) >= 11 is 0. The topological polar surface area (TPSA) is 63.0 Å². The fourth-order valence-corrected chi connectivity index (χ4v) is 1.50. The largest absolute Gasteiger partial charge is 0.391 e. The number of nitrogens with one attached hydrogen (secondary N) is 1. The highest BCUT2D eigenvalue weighted by molar-refractivity contribution is 5.08. The summed E-state index contributed by atoms with van der Waals surface area (Å²) in [7, 11) is 1.82. The van der Waals surface area contributed by atoms with Gasteiger partial charge in [-0.1, -0.05) is 5.21 Å². The van der Waals surface area contributed by atoms with Gasteiger partial charge in [0.2, 0.25) is 0 Å². The molecule has 0 bridgehead atoms. The third kappa shape index (κ3) is 1.21. The molecule has 1 aliphatic rings. The van der Waals surface area contributed by atoms with Crippen molar-refractivity contribution in [3.63, 3.8) is 0 Å². The second kappa shape index (κ2) is 2.84. The van der Waals surface area contributed by atoms with Crippen LogP contribution in [0.25, 0.3) is 0 Å². The first-order valence-electron chi connectivity index (χ1n) is 4.02. The van der Waals surface area contributed by atoms with Gasteiger partial charge in [0.15, 0.2) is 0 Å². The molecule has 2 unspecified atom stereocenters. The maximum atomic E-state index is 9.51. The van der Waals surface area contributed by atoms with Crippen LogP contribution in [0.4, 0.5) is 0 Å². The number of aliphatic hydroxyl groups excluding tert-OH is 1. The van der Waals surface area contributed by atoms with Gasteiger partial charge in [-0.05, 0) is 0 Å². The van der Waals surface area contributed by atoms with Crippen LogP contribution in [0.2, 0.25) is 0 Å². The molecule has 0 saturated carbocycles. The number of β-amino-alcohol motifs (C(OH)–C–C–N with tert-alkyl or cyclic N) is 1. The van der Waals surface area contributed by atoms with Crippen LogP contribution in [0.15, 0.2) is 6.20 Å². The molecule has 2 rings (SSSR count). The quantitative estimate of drug-likeness (QED) is 0.556. The average Bonchev–Trinajstić information content (AvgIpc) is 2.58. The molecule has 0 aliphatic carbocycles. The Kier molecular flexibility index (Phi) is 1.82. The van der Waals surface area contributed by atoms with Crippen LogP contribution in [0.5, 0.6) is 0 Å². The van der Waals surface area contributed by atoms with Crippen LogP contribution < -0.4 is 5.32 Å². The summed E-state index contributed by atoms with van der Waals surface area (Å²) in [5, 5.41) is 20.4. The van der Waals surface area contributed by atoms with Crippen molar-refractivity contribution in [2.75, 3.05) is 13.1 Å². The molecule has 0 aromatic carbocycles. The number of aromatic nitrogens is 3. The fourth-order valence-electron chi connectivity index (χ4n) is 1.50. The van der Waals surface area contributed by atoms with Crippen LogP contribution in [0.3, 0.4) is 0 Å². The van der Waals surface area contributed by atoms with Gasteiger partial charge in [0.05, 0.1) is 11.8 Å². The van der Waals surface area contributed by atoms with E-state index >= 15 is 0 Å². The van der Waals surface area contributed by atoms with E-state index in [0.29, 0.717) is 6.54 Å². The summed E-state index contributed by atoms with van der Waals surface area (Å²) in [4.78, 5) is 0. The molecular formula is C7H12N4O. The number of aryl methyl sites for hydroxylation is 1. The summed E-state index contributed by atoms with van der Waals surface area (Å²) in [6, 6.07) is 0. The highest BCUT2D eigenvalue weighted by Crippen LogP contribution is 2.19. The Morgan fingerprint density at radius 1 is 1.67 bits per heavy atom. The molecule has 2 N–H and O–H groups in total. The maximum Gasteiger partial charge on any atom is 0.0896 e. The van der Waals surface area contributed by atoms with Gasteiger partial charge >= 0.3 is 0 Å². The monoisotopic (exact) mass is 168 g/mol. The van der Waals surface area contributed by atoms with Crippen LogP contribution in [0, 0.1) is 0 Å². The fraction of sp³-hybridized carbons (Fsp3) is 0.714. The van der Waals surface area contributed by atoms with Crippen LogP contribution in [-0.2, 0) is 7.05 Å². The van der Waals surface area contributed by atoms with Gasteiger partial charge in [-0.25, -0.2) is 0 Å². The molecule has 0 spiro atoms. The van der Waals surface area contributed by atoms with E-state index < -0.39 is 0 Å². The van der Waals surface area contributed by atoms with E-state index in [1.54, 1.807) is 4.68 Å². The lowest BCUT2D eigenvalue weighted by molar-refractivity contribution is 0.176. The molecule has 0 radical (unpaired) electrons. The second-order valence-corrected chi connectivity index (χ2v) is 3.15. The maximum absolute atomic E-state index is 9.51. The summed E-state index contributed by atoms with van der Waals surface area (Å²) in [5.41, 5.74) is 0.870. The molecule has 1 aromatic rings. The molecule has 1 fully saturated rings. The average molecular weight is 168 g/mol. The molecule has 5 nitrogen and oxygen atoms in total. The molecule has 2 heterocycles. The van der Waals surface area contributed by atoms with Crippen LogP contribution in [-0.4, -0.2) is 39.3 Å². The lowest BCUT2D eigenvalue weighted by atomic mass is 10.0. The van der Waals surface area contributed by atoms with Gasteiger partial charge in [-0.2, -0.15) is 0 Å². The van der Waals surface area contributed by atoms with Crippen molar-refractivity contribution in [3.8, 4) is 0 Å². The van der Waals surface area contributed by atoms with Crippen LogP contribution in [0.1, 0.15) is 11.6 Å². The SMILES string of the molecule is Cn1cc(C2CNCC2O)nn1. The zero-order valence-corrected chi connectivity index (χ0v) is 6.94.